The Kier molecular flexibility index (Phi) is 19.1. The van der Waals surface area contributed by atoms with Crippen molar-refractivity contribution in [2.75, 3.05) is 26.2 Å². The fourth-order valence-electron chi connectivity index (χ4n) is 8.32. The summed E-state index contributed by atoms with van der Waals surface area (Å²) in [5.41, 5.74) is 21.0. The fraction of sp³-hybridized carbons (Fsp3) is 0.377. The first-order chi connectivity index (χ1) is 34.6. The zero-order valence-corrected chi connectivity index (χ0v) is 41.0. The number of benzene rings is 3. The molecule has 0 saturated heterocycles. The number of nitrogens with zero attached hydrogens (tertiary/aromatic N) is 3. The summed E-state index contributed by atoms with van der Waals surface area (Å²) in [6.45, 7) is 9.63. The molecule has 72 heavy (non-hydrogen) atoms. The molecule has 11 N–H and O–H groups in total. The number of hydrazine groups is 2. The average molecular weight is 983 g/mol. The predicted octanol–water partition coefficient (Wildman–Crippen LogP) is 3.05. The van der Waals surface area contributed by atoms with Crippen LogP contribution in [-0.2, 0) is 48.2 Å². The topological polar surface area (TPSA) is 273 Å². The van der Waals surface area contributed by atoms with E-state index in [-0.39, 0.29) is 51.2 Å². The van der Waals surface area contributed by atoms with Crippen LogP contribution in [0.3, 0.4) is 0 Å². The Balaban J connectivity index is 1.36. The van der Waals surface area contributed by atoms with Crippen molar-refractivity contribution in [2.24, 2.45) is 23.3 Å². The highest BCUT2D eigenvalue weighted by molar-refractivity contribution is 5.95. The van der Waals surface area contributed by atoms with E-state index in [1.54, 1.807) is 32.3 Å². The molecule has 3 heterocycles. The van der Waals surface area contributed by atoms with Crippen molar-refractivity contribution < 1.29 is 33.6 Å². The first-order valence-corrected chi connectivity index (χ1v) is 24.2. The maximum Gasteiger partial charge on any atom is 0.337 e. The Labute approximate surface area is 419 Å². The van der Waals surface area contributed by atoms with Gasteiger partial charge in [-0.15, -0.1) is 6.58 Å². The molecule has 19 nitrogen and oxygen atoms in total. The summed E-state index contributed by atoms with van der Waals surface area (Å²) in [6, 6.07) is 18.5. The highest BCUT2D eigenvalue weighted by Crippen LogP contribution is 2.22. The first-order valence-electron chi connectivity index (χ1n) is 24.2. The number of aromatic amines is 2. The van der Waals surface area contributed by atoms with Crippen LogP contribution in [0.25, 0.3) is 21.8 Å². The first kappa shape index (κ1) is 53.4. The molecule has 0 saturated carbocycles. The van der Waals surface area contributed by atoms with E-state index in [2.05, 4.69) is 55.2 Å². The summed E-state index contributed by atoms with van der Waals surface area (Å²) in [7, 11) is 0. The standard InChI is InChI=1S/C53H66N12O7/c1-5-24-63-25-14-13-23-44(48(55)67)59-50(69)37(28-36-17-7-6-8-18-36)30-46(66)65(33-39-32-57-43-22-12-10-20-41(39)43)61-49(68)35(4)58-51(70)45(29-38-31-56-42-21-11-9-19-40(38)42)60-53(72)64(27-16-15-26-63)62-52(71)47(54)34(2)3/h5-12,17-22,31-32,34-35,37,44-45,47,56-57H,1,13-14,23-30,33,54H2,2-4H3,(H2,55,67)(H,58,70)(H,59,69)(H,60,72)(H,61,68)(H,62,71)/t35-,37-,44-,45+,47+/m0/s1. The van der Waals surface area contributed by atoms with Gasteiger partial charge in [-0.1, -0.05) is 98.5 Å². The number of urea groups is 1. The third-order valence-electron chi connectivity index (χ3n) is 12.6. The van der Waals surface area contributed by atoms with E-state index in [1.807, 2.05) is 83.8 Å². The fourth-order valence-corrected chi connectivity index (χ4v) is 8.32. The molecule has 5 atom stereocenters. The number of amides is 8. The van der Waals surface area contributed by atoms with Crippen LogP contribution in [0, 0.1) is 23.7 Å². The van der Waals surface area contributed by atoms with Gasteiger partial charge in [0.05, 0.1) is 25.0 Å². The number of primary amides is 1. The maximum atomic E-state index is 14.7. The summed E-state index contributed by atoms with van der Waals surface area (Å²) in [5, 5.41) is 11.9. The lowest BCUT2D eigenvalue weighted by Gasteiger charge is -2.29. The van der Waals surface area contributed by atoms with Crippen molar-refractivity contribution in [1.82, 2.24) is 51.7 Å². The van der Waals surface area contributed by atoms with Crippen LogP contribution >= 0.6 is 0 Å². The van der Waals surface area contributed by atoms with Gasteiger partial charge in [-0.3, -0.25) is 44.5 Å². The summed E-state index contributed by atoms with van der Waals surface area (Å²) in [6.07, 6.45) is 6.15. The number of para-hydroxylation sites is 2. The minimum Gasteiger partial charge on any atom is -0.368 e. The lowest BCUT2D eigenvalue weighted by Crippen LogP contribution is -2.60. The van der Waals surface area contributed by atoms with E-state index in [0.717, 1.165) is 37.4 Å². The van der Waals surface area contributed by atoms with Gasteiger partial charge in [-0.2, -0.15) is 0 Å². The van der Waals surface area contributed by atoms with Gasteiger partial charge >= 0.3 is 6.03 Å². The summed E-state index contributed by atoms with van der Waals surface area (Å²) in [4.78, 5) is 107. The summed E-state index contributed by atoms with van der Waals surface area (Å²) >= 11 is 0. The number of carbonyl (C=O) groups excluding carboxylic acids is 7. The monoisotopic (exact) mass is 983 g/mol. The molecule has 19 heteroatoms. The molecule has 2 aromatic heterocycles. The number of H-pyrrole nitrogens is 2. The second-order valence-electron chi connectivity index (χ2n) is 18.4. The number of rotatable bonds is 12. The van der Waals surface area contributed by atoms with E-state index in [1.165, 1.54) is 6.92 Å². The average Bonchev–Trinajstić information content (AvgIpc) is 3.98. The van der Waals surface area contributed by atoms with E-state index in [0.29, 0.717) is 37.1 Å². The van der Waals surface area contributed by atoms with Gasteiger partial charge in [0.1, 0.15) is 24.7 Å². The van der Waals surface area contributed by atoms with Gasteiger partial charge in [0.15, 0.2) is 0 Å². The Hall–Kier alpha value is -7.95. The quantitative estimate of drug-likeness (QED) is 0.0656. The van der Waals surface area contributed by atoms with E-state index >= 15 is 0 Å². The van der Waals surface area contributed by atoms with Crippen LogP contribution in [0.2, 0.25) is 0 Å². The highest BCUT2D eigenvalue weighted by Gasteiger charge is 2.33. The van der Waals surface area contributed by atoms with Gasteiger partial charge in [-0.05, 0) is 73.9 Å². The molecule has 0 radical (unpaired) electrons. The molecule has 1 aliphatic rings. The molecule has 0 spiro atoms. The molecule has 0 aliphatic carbocycles. The third kappa shape index (κ3) is 14.8. The largest absolute Gasteiger partial charge is 0.368 e. The minimum absolute atomic E-state index is 0.0436. The van der Waals surface area contributed by atoms with Gasteiger partial charge in [0.25, 0.3) is 11.8 Å². The van der Waals surface area contributed by atoms with E-state index < -0.39 is 71.6 Å². The molecular formula is C53H66N12O7. The Morgan fingerprint density at radius 2 is 1.44 bits per heavy atom. The number of carbonyl (C=O) groups is 7. The molecule has 0 fully saturated rings. The Bertz CT molecular complexity index is 2780. The van der Waals surface area contributed by atoms with Crippen molar-refractivity contribution in [3.05, 3.63) is 121 Å². The van der Waals surface area contributed by atoms with Gasteiger partial charge in [0, 0.05) is 53.6 Å². The molecular weight excluding hydrogens is 917 g/mol. The molecule has 380 valence electrons. The molecule has 0 unspecified atom stereocenters. The second-order valence-corrected chi connectivity index (χ2v) is 18.4. The number of nitrogens with one attached hydrogen (secondary N) is 7. The molecule has 6 rings (SSSR count). The number of nitrogens with two attached hydrogens (primary N) is 2. The van der Waals surface area contributed by atoms with Crippen LogP contribution in [0.1, 0.15) is 63.1 Å². The van der Waals surface area contributed by atoms with E-state index in [9.17, 15) is 33.6 Å². The van der Waals surface area contributed by atoms with E-state index in [4.69, 9.17) is 11.5 Å². The zero-order valence-electron chi connectivity index (χ0n) is 41.0. The van der Waals surface area contributed by atoms with Crippen LogP contribution in [-0.4, -0.2) is 117 Å². The molecule has 5 aromatic rings. The van der Waals surface area contributed by atoms with Crippen molar-refractivity contribution in [3.8, 4) is 11.8 Å². The number of aromatic nitrogens is 2. The maximum absolute atomic E-state index is 14.7. The van der Waals surface area contributed by atoms with Gasteiger partial charge < -0.3 is 37.4 Å². The normalized spacial score (nSPS) is 20.3. The summed E-state index contributed by atoms with van der Waals surface area (Å²) < 4.78 is 0. The van der Waals surface area contributed by atoms with Crippen LogP contribution in [0.5, 0.6) is 0 Å². The van der Waals surface area contributed by atoms with Crippen molar-refractivity contribution >= 4 is 63.3 Å². The van der Waals surface area contributed by atoms with Crippen molar-refractivity contribution in [2.45, 2.75) is 90.0 Å². The minimum atomic E-state index is -1.32. The predicted molar refractivity (Wildman–Crippen MR) is 274 cm³/mol. The van der Waals surface area contributed by atoms with Crippen molar-refractivity contribution in [3.63, 3.8) is 0 Å². The highest BCUT2D eigenvalue weighted by atomic mass is 16.2. The lowest BCUT2D eigenvalue weighted by atomic mass is 9.94. The Morgan fingerprint density at radius 3 is 2.11 bits per heavy atom. The molecule has 1 aliphatic heterocycles. The SMILES string of the molecule is C=CCN1CC#CCN(NC(=O)[C@H](N)C(C)C)C(=O)N[C@H](Cc2c[nH]c3ccccc23)C(=O)N[C@@H](C)C(=O)NN(Cc2c[nH]c3ccccc23)C(=O)C[C@H](Cc2ccccc2)C(=O)N[C@H](C(N)=O)CCCC1. The Morgan fingerprint density at radius 1 is 0.806 bits per heavy atom. The van der Waals surface area contributed by atoms with Crippen molar-refractivity contribution in [1.29, 1.82) is 0 Å². The second kappa shape index (κ2) is 25.8. The number of hydrogen-bond acceptors (Lipinski definition) is 9. The smallest absolute Gasteiger partial charge is 0.337 e. The summed E-state index contributed by atoms with van der Waals surface area (Å²) in [5.74, 6) is 0.622. The molecule has 0 bridgehead atoms. The van der Waals surface area contributed by atoms with Gasteiger partial charge in [-0.25, -0.2) is 14.8 Å². The van der Waals surface area contributed by atoms with Crippen LogP contribution in [0.4, 0.5) is 4.79 Å². The molecule has 8 amide bonds. The van der Waals surface area contributed by atoms with Crippen LogP contribution in [0.15, 0.2) is 104 Å². The molecule has 3 aromatic carbocycles. The lowest BCUT2D eigenvalue weighted by molar-refractivity contribution is -0.145. The van der Waals surface area contributed by atoms with Crippen LogP contribution < -0.4 is 38.3 Å². The number of hydrogen-bond donors (Lipinski definition) is 9. The number of fused-ring (bicyclic) bond motifs is 2. The van der Waals surface area contributed by atoms with Gasteiger partial charge in [0.2, 0.25) is 23.6 Å². The zero-order chi connectivity index (χ0) is 51.7. The third-order valence-corrected chi connectivity index (χ3v) is 12.6.